The number of rotatable bonds is 6. The number of aromatic nitrogens is 2. The maximum absolute atomic E-state index is 4.41. The van der Waals surface area contributed by atoms with Gasteiger partial charge in [0.1, 0.15) is 0 Å². The second-order valence-corrected chi connectivity index (χ2v) is 6.77. The zero-order valence-electron chi connectivity index (χ0n) is 12.8. The Morgan fingerprint density at radius 1 is 1.47 bits per heavy atom. The summed E-state index contributed by atoms with van der Waals surface area (Å²) in [5.74, 6) is 0. The average Bonchev–Trinajstić information content (AvgIpc) is 2.65. The second kappa shape index (κ2) is 7.25. The molecule has 1 aromatic rings. The van der Waals surface area contributed by atoms with E-state index < -0.39 is 0 Å². The lowest BCUT2D eigenvalue weighted by Gasteiger charge is -2.19. The molecule has 0 saturated heterocycles. The molecule has 0 aliphatic heterocycles. The number of halogens is 1. The van der Waals surface area contributed by atoms with Crippen molar-refractivity contribution in [1.82, 2.24) is 15.1 Å². The number of hydrogen-bond donors (Lipinski definition) is 1. The highest BCUT2D eigenvalue weighted by Crippen LogP contribution is 2.24. The number of aryl methyl sites for hydroxylation is 1. The lowest BCUT2D eigenvalue weighted by Crippen LogP contribution is -2.36. The summed E-state index contributed by atoms with van der Waals surface area (Å²) in [4.78, 5) is 0. The first-order valence-electron chi connectivity index (χ1n) is 6.98. The van der Waals surface area contributed by atoms with Crippen LogP contribution in [0.5, 0.6) is 0 Å². The van der Waals surface area contributed by atoms with Gasteiger partial charge in [0, 0.05) is 12.1 Å². The van der Waals surface area contributed by atoms with Crippen molar-refractivity contribution < 1.29 is 0 Å². The highest BCUT2D eigenvalue weighted by molar-refractivity contribution is 9.10. The predicted octanol–water partition coefficient (Wildman–Crippen LogP) is 4.24. The number of hydrogen-bond acceptors (Lipinski definition) is 2. The zero-order chi connectivity index (χ0) is 14.5. The van der Waals surface area contributed by atoms with Crippen molar-refractivity contribution >= 4 is 21.5 Å². The number of nitrogens with zero attached hydrogens (tertiary/aromatic N) is 2. The molecule has 0 radical (unpaired) electrons. The summed E-state index contributed by atoms with van der Waals surface area (Å²) in [6.45, 7) is 12.9. The summed E-state index contributed by atoms with van der Waals surface area (Å²) in [6.07, 6.45) is 6.30. The molecule has 1 heterocycles. The molecule has 1 rings (SSSR count). The Morgan fingerprint density at radius 2 is 2.16 bits per heavy atom. The third-order valence-corrected chi connectivity index (χ3v) is 3.43. The van der Waals surface area contributed by atoms with Crippen molar-refractivity contribution in [2.45, 2.75) is 59.5 Å². The van der Waals surface area contributed by atoms with E-state index in [0.717, 1.165) is 30.4 Å². The molecular weight excluding hydrogens is 302 g/mol. The third-order valence-electron chi connectivity index (χ3n) is 2.85. The maximum Gasteiger partial charge on any atom is 0.0778 e. The van der Waals surface area contributed by atoms with Crippen molar-refractivity contribution in [3.05, 3.63) is 22.4 Å². The van der Waals surface area contributed by atoms with Gasteiger partial charge < -0.3 is 5.32 Å². The molecule has 0 fully saturated rings. The zero-order valence-corrected chi connectivity index (χ0v) is 14.3. The van der Waals surface area contributed by atoms with Gasteiger partial charge in [0.15, 0.2) is 0 Å². The highest BCUT2D eigenvalue weighted by atomic mass is 79.9. The molecule has 0 aromatic carbocycles. The molecule has 4 heteroatoms. The molecule has 3 nitrogen and oxygen atoms in total. The van der Waals surface area contributed by atoms with Gasteiger partial charge in [-0.15, -0.1) is 0 Å². The van der Waals surface area contributed by atoms with E-state index in [4.69, 9.17) is 0 Å². The van der Waals surface area contributed by atoms with Crippen LogP contribution in [-0.4, -0.2) is 21.9 Å². The van der Waals surface area contributed by atoms with Gasteiger partial charge in [-0.2, -0.15) is 5.10 Å². The minimum atomic E-state index is 0.187. The van der Waals surface area contributed by atoms with E-state index in [9.17, 15) is 0 Å². The van der Waals surface area contributed by atoms with Gasteiger partial charge in [0.25, 0.3) is 0 Å². The summed E-state index contributed by atoms with van der Waals surface area (Å²) in [5.41, 5.74) is 2.68. The Balaban J connectivity index is 2.66. The molecule has 1 N–H and O–H groups in total. The van der Waals surface area contributed by atoms with Crippen LogP contribution < -0.4 is 5.32 Å². The van der Waals surface area contributed by atoms with E-state index in [1.54, 1.807) is 0 Å². The topological polar surface area (TPSA) is 29.9 Å². The van der Waals surface area contributed by atoms with Crippen LogP contribution in [-0.2, 0) is 6.54 Å². The van der Waals surface area contributed by atoms with Crippen LogP contribution in [0.3, 0.4) is 0 Å². The first kappa shape index (κ1) is 16.4. The molecule has 108 valence electrons. The SMILES string of the molecule is CCCn1ncc(Br)c1C(C)=CCCNC(C)(C)C. The van der Waals surface area contributed by atoms with Gasteiger partial charge in [-0.3, -0.25) is 4.68 Å². The fraction of sp³-hybridized carbons (Fsp3) is 0.667. The lowest BCUT2D eigenvalue weighted by atomic mass is 10.1. The average molecular weight is 328 g/mol. The van der Waals surface area contributed by atoms with E-state index in [1.807, 2.05) is 6.20 Å². The fourth-order valence-corrected chi connectivity index (χ4v) is 2.58. The molecule has 0 unspecified atom stereocenters. The predicted molar refractivity (Wildman–Crippen MR) is 86.2 cm³/mol. The van der Waals surface area contributed by atoms with Crippen LogP contribution in [0, 0.1) is 0 Å². The quantitative estimate of drug-likeness (QED) is 0.792. The van der Waals surface area contributed by atoms with Crippen molar-refractivity contribution in [3.63, 3.8) is 0 Å². The molecule has 0 bridgehead atoms. The Labute approximate surface area is 125 Å². The minimum Gasteiger partial charge on any atom is -0.312 e. The molecule has 0 spiro atoms. The molecule has 0 aliphatic rings. The molecule has 0 atom stereocenters. The van der Waals surface area contributed by atoms with E-state index in [2.05, 4.69) is 71.7 Å². The summed E-state index contributed by atoms with van der Waals surface area (Å²) in [7, 11) is 0. The largest absolute Gasteiger partial charge is 0.312 e. The summed E-state index contributed by atoms with van der Waals surface area (Å²) in [6, 6.07) is 0. The number of allylic oxidation sites excluding steroid dienone is 1. The monoisotopic (exact) mass is 327 g/mol. The Kier molecular flexibility index (Phi) is 6.27. The van der Waals surface area contributed by atoms with Crippen LogP contribution in [0.4, 0.5) is 0 Å². The summed E-state index contributed by atoms with van der Waals surface area (Å²) >= 11 is 3.59. The van der Waals surface area contributed by atoms with Crippen LogP contribution in [0.1, 0.15) is 53.2 Å². The van der Waals surface area contributed by atoms with Crippen molar-refractivity contribution in [2.24, 2.45) is 0 Å². The normalized spacial score (nSPS) is 13.1. The molecule has 0 saturated carbocycles. The van der Waals surface area contributed by atoms with E-state index >= 15 is 0 Å². The van der Waals surface area contributed by atoms with Crippen molar-refractivity contribution in [3.8, 4) is 0 Å². The lowest BCUT2D eigenvalue weighted by molar-refractivity contribution is 0.431. The van der Waals surface area contributed by atoms with Crippen LogP contribution in [0.25, 0.3) is 5.57 Å². The molecule has 1 aromatic heterocycles. The molecule has 19 heavy (non-hydrogen) atoms. The van der Waals surface area contributed by atoms with Gasteiger partial charge in [-0.05, 0) is 68.6 Å². The molecule has 0 amide bonds. The van der Waals surface area contributed by atoms with Gasteiger partial charge in [-0.25, -0.2) is 0 Å². The first-order valence-corrected chi connectivity index (χ1v) is 7.78. The first-order chi connectivity index (χ1) is 8.85. The number of nitrogens with one attached hydrogen (secondary N) is 1. The van der Waals surface area contributed by atoms with Crippen LogP contribution in [0.15, 0.2) is 16.7 Å². The summed E-state index contributed by atoms with van der Waals surface area (Å²) < 4.78 is 3.16. The smallest absolute Gasteiger partial charge is 0.0778 e. The Morgan fingerprint density at radius 3 is 2.74 bits per heavy atom. The molecular formula is C15H26BrN3. The van der Waals surface area contributed by atoms with Crippen molar-refractivity contribution in [1.29, 1.82) is 0 Å². The maximum atomic E-state index is 4.41. The minimum absolute atomic E-state index is 0.187. The van der Waals surface area contributed by atoms with Gasteiger partial charge in [-0.1, -0.05) is 13.0 Å². The standard InChI is InChI=1S/C15H26BrN3/c1-6-10-19-14(13(16)11-18-19)12(2)8-7-9-17-15(3,4)5/h8,11,17H,6-7,9-10H2,1-5H3. The van der Waals surface area contributed by atoms with Crippen LogP contribution in [0.2, 0.25) is 0 Å². The van der Waals surface area contributed by atoms with E-state index in [1.165, 1.54) is 11.3 Å². The Hall–Kier alpha value is -0.610. The van der Waals surface area contributed by atoms with Gasteiger partial charge in [0.05, 0.1) is 16.4 Å². The van der Waals surface area contributed by atoms with Crippen molar-refractivity contribution in [2.75, 3.05) is 6.54 Å². The third kappa shape index (κ3) is 5.49. The second-order valence-electron chi connectivity index (χ2n) is 5.92. The van der Waals surface area contributed by atoms with Gasteiger partial charge in [0.2, 0.25) is 0 Å². The van der Waals surface area contributed by atoms with E-state index in [0.29, 0.717) is 0 Å². The van der Waals surface area contributed by atoms with E-state index in [-0.39, 0.29) is 5.54 Å². The van der Waals surface area contributed by atoms with Crippen LogP contribution >= 0.6 is 15.9 Å². The highest BCUT2D eigenvalue weighted by Gasteiger charge is 2.10. The molecule has 0 aliphatic carbocycles. The van der Waals surface area contributed by atoms with Gasteiger partial charge >= 0.3 is 0 Å². The Bertz CT molecular complexity index is 427. The summed E-state index contributed by atoms with van der Waals surface area (Å²) in [5, 5.41) is 7.91. The fourth-order valence-electron chi connectivity index (χ4n) is 1.97.